The average Bonchev–Trinajstić information content (AvgIpc) is 2.55. The van der Waals surface area contributed by atoms with E-state index in [4.69, 9.17) is 10.00 Å². The molecule has 1 fully saturated rings. The Morgan fingerprint density at radius 3 is 2.82 bits per heavy atom. The van der Waals surface area contributed by atoms with Gasteiger partial charge in [-0.25, -0.2) is 0 Å². The molecule has 2 rings (SSSR count). The van der Waals surface area contributed by atoms with Crippen LogP contribution in [0.2, 0.25) is 0 Å². The molecule has 0 aliphatic carbocycles. The molecule has 1 heterocycles. The number of piperidine rings is 1. The fourth-order valence-electron chi connectivity index (χ4n) is 3.27. The van der Waals surface area contributed by atoms with Crippen LogP contribution in [0.3, 0.4) is 0 Å². The Labute approximate surface area is 132 Å². The average molecular weight is 300 g/mol. The summed E-state index contributed by atoms with van der Waals surface area (Å²) in [7, 11) is 1.42. The van der Waals surface area contributed by atoms with Crippen molar-refractivity contribution in [1.29, 1.82) is 5.26 Å². The zero-order chi connectivity index (χ0) is 15.8. The fraction of sp³-hybridized carbons (Fsp3) is 0.556. The van der Waals surface area contributed by atoms with Gasteiger partial charge in [-0.15, -0.1) is 0 Å². The Bertz CT molecular complexity index is 510. The van der Waals surface area contributed by atoms with E-state index in [0.29, 0.717) is 24.8 Å². The highest BCUT2D eigenvalue weighted by Gasteiger charge is 2.29. The highest BCUT2D eigenvalue weighted by molar-refractivity contribution is 5.71. The number of hydrogen-bond acceptors (Lipinski definition) is 4. The van der Waals surface area contributed by atoms with Gasteiger partial charge in [0.1, 0.15) is 0 Å². The van der Waals surface area contributed by atoms with Gasteiger partial charge in [0.05, 0.1) is 19.7 Å². The number of aryl methyl sites for hydroxylation is 1. The molecule has 2 atom stereocenters. The molecule has 118 valence electrons. The van der Waals surface area contributed by atoms with E-state index in [2.05, 4.69) is 35.2 Å². The predicted molar refractivity (Wildman–Crippen MR) is 85.0 cm³/mol. The van der Waals surface area contributed by atoms with E-state index in [0.717, 1.165) is 32.4 Å². The first-order chi connectivity index (χ1) is 10.7. The number of carbonyl (C=O) groups excluding carboxylic acids is 1. The van der Waals surface area contributed by atoms with E-state index >= 15 is 0 Å². The first kappa shape index (κ1) is 16.5. The van der Waals surface area contributed by atoms with Crippen molar-refractivity contribution in [2.45, 2.75) is 25.7 Å². The van der Waals surface area contributed by atoms with Crippen molar-refractivity contribution in [1.82, 2.24) is 4.90 Å². The van der Waals surface area contributed by atoms with Gasteiger partial charge in [0.15, 0.2) is 0 Å². The van der Waals surface area contributed by atoms with Crippen LogP contribution in [0.1, 0.15) is 24.8 Å². The van der Waals surface area contributed by atoms with Crippen LogP contribution in [0.25, 0.3) is 0 Å². The molecule has 22 heavy (non-hydrogen) atoms. The molecule has 0 spiro atoms. The van der Waals surface area contributed by atoms with Gasteiger partial charge in [-0.2, -0.15) is 5.26 Å². The number of rotatable bonds is 6. The van der Waals surface area contributed by atoms with Crippen LogP contribution in [-0.2, 0) is 16.0 Å². The topological polar surface area (TPSA) is 53.3 Å². The third-order valence-corrected chi connectivity index (χ3v) is 4.56. The van der Waals surface area contributed by atoms with E-state index in [1.807, 2.05) is 6.07 Å². The second-order valence-corrected chi connectivity index (χ2v) is 6.01. The van der Waals surface area contributed by atoms with Crippen molar-refractivity contribution in [3.8, 4) is 6.07 Å². The summed E-state index contributed by atoms with van der Waals surface area (Å²) in [4.78, 5) is 13.5. The highest BCUT2D eigenvalue weighted by atomic mass is 16.5. The number of carbonyl (C=O) groups is 1. The normalized spacial score (nSPS) is 22.0. The molecule has 1 aliphatic rings. The molecular weight excluding hydrogens is 276 g/mol. The Morgan fingerprint density at radius 2 is 2.14 bits per heavy atom. The SMILES string of the molecule is COC(=O)CN1CCC(CCc2ccccc2)C(CC#N)C1. The van der Waals surface area contributed by atoms with Gasteiger partial charge in [0, 0.05) is 13.0 Å². The van der Waals surface area contributed by atoms with Crippen molar-refractivity contribution in [3.05, 3.63) is 35.9 Å². The number of likely N-dealkylation sites (tertiary alicyclic amines) is 1. The van der Waals surface area contributed by atoms with Crippen molar-refractivity contribution < 1.29 is 9.53 Å². The predicted octanol–water partition coefficient (Wildman–Crippen LogP) is 2.64. The number of methoxy groups -OCH3 is 1. The molecular formula is C18H24N2O2. The van der Waals surface area contributed by atoms with Crippen molar-refractivity contribution in [2.24, 2.45) is 11.8 Å². The van der Waals surface area contributed by atoms with Gasteiger partial charge in [-0.1, -0.05) is 30.3 Å². The van der Waals surface area contributed by atoms with Crippen LogP contribution in [0.15, 0.2) is 30.3 Å². The summed E-state index contributed by atoms with van der Waals surface area (Å²) < 4.78 is 4.73. The van der Waals surface area contributed by atoms with E-state index in [1.165, 1.54) is 12.7 Å². The smallest absolute Gasteiger partial charge is 0.319 e. The number of benzene rings is 1. The molecule has 0 aromatic heterocycles. The van der Waals surface area contributed by atoms with Crippen molar-refractivity contribution in [2.75, 3.05) is 26.7 Å². The molecule has 1 aliphatic heterocycles. The minimum Gasteiger partial charge on any atom is -0.468 e. The van der Waals surface area contributed by atoms with Gasteiger partial charge < -0.3 is 4.74 Å². The summed E-state index contributed by atoms with van der Waals surface area (Å²) >= 11 is 0. The summed E-state index contributed by atoms with van der Waals surface area (Å²) in [5.74, 6) is 0.722. The zero-order valence-electron chi connectivity index (χ0n) is 13.2. The standard InChI is InChI=1S/C18H24N2O2/c1-22-18(21)14-20-12-10-16(17(13-20)9-11-19)8-7-15-5-3-2-4-6-15/h2-6,16-17H,7-10,12-14H2,1H3. The Morgan fingerprint density at radius 1 is 1.36 bits per heavy atom. The Balaban J connectivity index is 1.88. The summed E-state index contributed by atoms with van der Waals surface area (Å²) in [6.07, 6.45) is 3.79. The lowest BCUT2D eigenvalue weighted by atomic mass is 9.80. The first-order valence-electron chi connectivity index (χ1n) is 7.93. The third kappa shape index (κ3) is 4.85. The largest absolute Gasteiger partial charge is 0.468 e. The number of nitrogens with zero attached hydrogens (tertiary/aromatic N) is 2. The van der Waals surface area contributed by atoms with Gasteiger partial charge >= 0.3 is 5.97 Å². The lowest BCUT2D eigenvalue weighted by Gasteiger charge is -2.37. The molecule has 0 amide bonds. The van der Waals surface area contributed by atoms with Gasteiger partial charge in [-0.05, 0) is 43.2 Å². The minimum absolute atomic E-state index is 0.196. The highest BCUT2D eigenvalue weighted by Crippen LogP contribution is 2.30. The molecule has 1 saturated heterocycles. The summed E-state index contributed by atoms with van der Waals surface area (Å²) in [6.45, 7) is 2.07. The molecule has 4 nitrogen and oxygen atoms in total. The molecule has 2 unspecified atom stereocenters. The van der Waals surface area contributed by atoms with Gasteiger partial charge in [0.25, 0.3) is 0 Å². The minimum atomic E-state index is -0.196. The summed E-state index contributed by atoms with van der Waals surface area (Å²) in [5.41, 5.74) is 1.36. The number of esters is 1. The molecule has 1 aromatic carbocycles. The maximum absolute atomic E-state index is 11.4. The quantitative estimate of drug-likeness (QED) is 0.758. The van der Waals surface area contributed by atoms with E-state index < -0.39 is 0 Å². The molecule has 1 aromatic rings. The van der Waals surface area contributed by atoms with E-state index in [1.54, 1.807) is 0 Å². The van der Waals surface area contributed by atoms with E-state index in [-0.39, 0.29) is 5.97 Å². The van der Waals surface area contributed by atoms with Crippen LogP contribution >= 0.6 is 0 Å². The lowest BCUT2D eigenvalue weighted by Crippen LogP contribution is -2.43. The van der Waals surface area contributed by atoms with Crippen LogP contribution in [0.4, 0.5) is 0 Å². The Hall–Kier alpha value is -1.86. The number of nitriles is 1. The zero-order valence-corrected chi connectivity index (χ0v) is 13.2. The lowest BCUT2D eigenvalue weighted by molar-refractivity contribution is -0.142. The fourth-order valence-corrected chi connectivity index (χ4v) is 3.27. The van der Waals surface area contributed by atoms with Crippen LogP contribution in [0, 0.1) is 23.2 Å². The maximum Gasteiger partial charge on any atom is 0.319 e. The van der Waals surface area contributed by atoms with Crippen LogP contribution < -0.4 is 0 Å². The number of hydrogen-bond donors (Lipinski definition) is 0. The van der Waals surface area contributed by atoms with E-state index in [9.17, 15) is 4.79 Å². The van der Waals surface area contributed by atoms with Crippen LogP contribution in [0.5, 0.6) is 0 Å². The van der Waals surface area contributed by atoms with Gasteiger partial charge in [0.2, 0.25) is 0 Å². The van der Waals surface area contributed by atoms with Gasteiger partial charge in [-0.3, -0.25) is 9.69 Å². The molecule has 0 bridgehead atoms. The van der Waals surface area contributed by atoms with Crippen molar-refractivity contribution in [3.63, 3.8) is 0 Å². The van der Waals surface area contributed by atoms with Crippen LogP contribution in [-0.4, -0.2) is 37.6 Å². The second kappa shape index (κ2) is 8.55. The molecule has 0 saturated carbocycles. The van der Waals surface area contributed by atoms with Crippen molar-refractivity contribution >= 4 is 5.97 Å². The molecule has 0 N–H and O–H groups in total. The molecule has 0 radical (unpaired) electrons. The third-order valence-electron chi connectivity index (χ3n) is 4.56. The summed E-state index contributed by atoms with van der Waals surface area (Å²) in [6, 6.07) is 12.8. The second-order valence-electron chi connectivity index (χ2n) is 6.01. The monoisotopic (exact) mass is 300 g/mol. The summed E-state index contributed by atoms with van der Waals surface area (Å²) in [5, 5.41) is 9.08. The Kier molecular flexibility index (Phi) is 6.42. The molecule has 4 heteroatoms. The first-order valence-corrected chi connectivity index (χ1v) is 7.93. The number of ether oxygens (including phenoxy) is 1. The maximum atomic E-state index is 11.4.